The molecule has 2 aliphatic rings. The zero-order valence-electron chi connectivity index (χ0n) is 16.8. The largest absolute Gasteiger partial charge is 0.493 e. The summed E-state index contributed by atoms with van der Waals surface area (Å²) in [5, 5.41) is 8.72. The molecule has 2 bridgehead atoms. The number of carboxylic acids is 1. The minimum Gasteiger partial charge on any atom is -0.493 e. The normalized spacial score (nSPS) is 25.9. The van der Waals surface area contributed by atoms with Crippen LogP contribution >= 0.6 is 11.8 Å². The maximum atomic E-state index is 10.6. The first-order valence-corrected chi connectivity index (χ1v) is 12.0. The smallest absolute Gasteiger partial charge is 0.303 e. The van der Waals surface area contributed by atoms with Gasteiger partial charge in [0.25, 0.3) is 0 Å². The van der Waals surface area contributed by atoms with Gasteiger partial charge in [-0.3, -0.25) is 4.79 Å². The Kier molecular flexibility index (Phi) is 9.00. The molecule has 28 heavy (non-hydrogen) atoms. The molecule has 0 radical (unpaired) electrons. The van der Waals surface area contributed by atoms with E-state index in [1.807, 2.05) is 42.1 Å². The molecule has 0 aliphatic carbocycles. The van der Waals surface area contributed by atoms with E-state index in [0.29, 0.717) is 18.6 Å². The van der Waals surface area contributed by atoms with Crippen molar-refractivity contribution in [2.45, 2.75) is 70.0 Å². The molecule has 3 rings (SSSR count). The zero-order valence-corrected chi connectivity index (χ0v) is 17.6. The number of carbonyl (C=O) groups is 1. The van der Waals surface area contributed by atoms with E-state index in [4.69, 9.17) is 14.6 Å². The topological polar surface area (TPSA) is 55.8 Å². The Morgan fingerprint density at radius 2 is 1.71 bits per heavy atom. The maximum Gasteiger partial charge on any atom is 0.303 e. The Morgan fingerprint density at radius 1 is 1.00 bits per heavy atom. The monoisotopic (exact) mass is 406 g/mol. The fraction of sp³-hybridized carbons (Fsp3) is 0.696. The van der Waals surface area contributed by atoms with E-state index in [9.17, 15) is 4.79 Å². The average Bonchev–Trinajstić information content (AvgIpc) is 3.30. The molecule has 2 aliphatic heterocycles. The fourth-order valence-electron chi connectivity index (χ4n) is 4.74. The molecule has 0 spiro atoms. The molecule has 156 valence electrons. The second kappa shape index (κ2) is 11.7. The Morgan fingerprint density at radius 3 is 2.46 bits per heavy atom. The van der Waals surface area contributed by atoms with Gasteiger partial charge in [-0.1, -0.05) is 37.5 Å². The predicted molar refractivity (Wildman–Crippen MR) is 114 cm³/mol. The third-order valence-electron chi connectivity index (χ3n) is 6.10. The van der Waals surface area contributed by atoms with Gasteiger partial charge in [0.05, 0.1) is 18.8 Å². The molecule has 1 N–H and O–H groups in total. The average molecular weight is 407 g/mol. The number of benzene rings is 1. The summed E-state index contributed by atoms with van der Waals surface area (Å²) in [6.45, 7) is 0.766. The molecule has 4 nitrogen and oxygen atoms in total. The van der Waals surface area contributed by atoms with Crippen LogP contribution in [-0.2, 0) is 9.53 Å². The summed E-state index contributed by atoms with van der Waals surface area (Å²) in [6, 6.07) is 10.0. The van der Waals surface area contributed by atoms with Crippen LogP contribution in [-0.4, -0.2) is 41.4 Å². The Labute approximate surface area is 173 Å². The third kappa shape index (κ3) is 6.70. The SMILES string of the molecule is O=C(O)CCCCCC[C@@H]1[C@H](CCSCCOc2ccccc2)[C@@H]2CC[C@H]1O2. The lowest BCUT2D eigenvalue weighted by atomic mass is 9.75. The van der Waals surface area contributed by atoms with Crippen LogP contribution < -0.4 is 4.74 Å². The van der Waals surface area contributed by atoms with Crippen LogP contribution in [0.3, 0.4) is 0 Å². The quantitative estimate of drug-likeness (QED) is 0.419. The summed E-state index contributed by atoms with van der Waals surface area (Å²) < 4.78 is 12.0. The first kappa shape index (κ1) is 21.5. The molecule has 1 aromatic rings. The van der Waals surface area contributed by atoms with Crippen molar-refractivity contribution in [1.82, 2.24) is 0 Å². The molecule has 2 fully saturated rings. The Bertz CT molecular complexity index is 579. The van der Waals surface area contributed by atoms with E-state index in [0.717, 1.165) is 49.2 Å². The first-order valence-electron chi connectivity index (χ1n) is 10.9. The van der Waals surface area contributed by atoms with Gasteiger partial charge in [-0.2, -0.15) is 11.8 Å². The van der Waals surface area contributed by atoms with Crippen LogP contribution in [0.4, 0.5) is 0 Å². The highest BCUT2D eigenvalue weighted by Crippen LogP contribution is 2.47. The number of carboxylic acid groups (broad SMARTS) is 1. The number of unbranched alkanes of at least 4 members (excludes halogenated alkanes) is 3. The number of thioether (sulfide) groups is 1. The highest BCUT2D eigenvalue weighted by molar-refractivity contribution is 7.99. The van der Waals surface area contributed by atoms with Gasteiger partial charge in [-0.15, -0.1) is 0 Å². The van der Waals surface area contributed by atoms with Gasteiger partial charge in [0.1, 0.15) is 5.75 Å². The summed E-state index contributed by atoms with van der Waals surface area (Å²) in [5.41, 5.74) is 0. The van der Waals surface area contributed by atoms with Gasteiger partial charge < -0.3 is 14.6 Å². The molecule has 0 unspecified atom stereocenters. The number of fused-ring (bicyclic) bond motifs is 2. The lowest BCUT2D eigenvalue weighted by molar-refractivity contribution is -0.137. The minimum absolute atomic E-state index is 0.311. The Hall–Kier alpha value is -1.20. The van der Waals surface area contributed by atoms with Crippen molar-refractivity contribution in [2.75, 3.05) is 18.1 Å². The zero-order chi connectivity index (χ0) is 19.6. The van der Waals surface area contributed by atoms with Crippen LogP contribution in [0.15, 0.2) is 30.3 Å². The van der Waals surface area contributed by atoms with Gasteiger partial charge in [0, 0.05) is 12.2 Å². The van der Waals surface area contributed by atoms with Crippen molar-refractivity contribution in [3.63, 3.8) is 0 Å². The van der Waals surface area contributed by atoms with Gasteiger partial charge >= 0.3 is 5.97 Å². The van der Waals surface area contributed by atoms with E-state index < -0.39 is 5.97 Å². The van der Waals surface area contributed by atoms with E-state index in [-0.39, 0.29) is 0 Å². The molecule has 4 atom stereocenters. The second-order valence-corrected chi connectivity index (χ2v) is 9.25. The standard InChI is InChI=1S/C23H34O4S/c24-23(25)11-7-2-1-6-10-19-20(22-13-12-21(19)27-22)14-16-28-17-15-26-18-8-4-3-5-9-18/h3-5,8-9,19-22H,1-2,6-7,10-17H2,(H,24,25)/t19-,20+,21-,22+/m1/s1. The number of para-hydroxylation sites is 1. The lowest BCUT2D eigenvalue weighted by Gasteiger charge is -2.28. The van der Waals surface area contributed by atoms with Crippen molar-refractivity contribution in [1.29, 1.82) is 0 Å². The number of hydrogen-bond donors (Lipinski definition) is 1. The van der Waals surface area contributed by atoms with Crippen molar-refractivity contribution < 1.29 is 19.4 Å². The van der Waals surface area contributed by atoms with E-state index in [2.05, 4.69) is 0 Å². The summed E-state index contributed by atoms with van der Waals surface area (Å²) in [6.07, 6.45) is 10.5. The van der Waals surface area contributed by atoms with Crippen LogP contribution in [0.1, 0.15) is 57.8 Å². The fourth-order valence-corrected chi connectivity index (χ4v) is 5.58. The Balaban J connectivity index is 1.28. The maximum absolute atomic E-state index is 10.6. The minimum atomic E-state index is -0.673. The third-order valence-corrected chi connectivity index (χ3v) is 7.08. The molecular weight excluding hydrogens is 372 g/mol. The van der Waals surface area contributed by atoms with Crippen LogP contribution in [0.25, 0.3) is 0 Å². The molecule has 2 saturated heterocycles. The van der Waals surface area contributed by atoms with Crippen LogP contribution in [0.2, 0.25) is 0 Å². The molecule has 5 heteroatoms. The molecule has 2 heterocycles. The van der Waals surface area contributed by atoms with Gasteiger partial charge in [-0.25, -0.2) is 0 Å². The lowest BCUT2D eigenvalue weighted by Crippen LogP contribution is -2.27. The number of ether oxygens (including phenoxy) is 2. The van der Waals surface area contributed by atoms with E-state index in [1.165, 1.54) is 37.9 Å². The van der Waals surface area contributed by atoms with Gasteiger partial charge in [0.15, 0.2) is 0 Å². The van der Waals surface area contributed by atoms with Crippen molar-refractivity contribution in [3.8, 4) is 5.75 Å². The predicted octanol–water partition coefficient (Wildman–Crippen LogP) is 5.41. The van der Waals surface area contributed by atoms with E-state index in [1.54, 1.807) is 0 Å². The molecule has 0 amide bonds. The van der Waals surface area contributed by atoms with Crippen molar-refractivity contribution in [2.24, 2.45) is 11.8 Å². The van der Waals surface area contributed by atoms with E-state index >= 15 is 0 Å². The summed E-state index contributed by atoms with van der Waals surface area (Å²) >= 11 is 1.99. The molecular formula is C23H34O4S. The van der Waals surface area contributed by atoms with Gasteiger partial charge in [0.2, 0.25) is 0 Å². The molecule has 0 aromatic heterocycles. The summed E-state index contributed by atoms with van der Waals surface area (Å²) in [7, 11) is 0. The van der Waals surface area contributed by atoms with Gasteiger partial charge in [-0.05, 0) is 61.8 Å². The number of rotatable bonds is 14. The molecule has 1 aromatic carbocycles. The molecule has 0 saturated carbocycles. The highest BCUT2D eigenvalue weighted by atomic mass is 32.2. The number of hydrogen-bond acceptors (Lipinski definition) is 4. The highest BCUT2D eigenvalue weighted by Gasteiger charge is 2.47. The van der Waals surface area contributed by atoms with Crippen molar-refractivity contribution >= 4 is 17.7 Å². The van der Waals surface area contributed by atoms with Crippen LogP contribution in [0.5, 0.6) is 5.75 Å². The number of aliphatic carboxylic acids is 1. The van der Waals surface area contributed by atoms with Crippen molar-refractivity contribution in [3.05, 3.63) is 30.3 Å². The first-order chi connectivity index (χ1) is 13.7. The summed E-state index contributed by atoms with van der Waals surface area (Å²) in [5.74, 6) is 3.94. The summed E-state index contributed by atoms with van der Waals surface area (Å²) in [4.78, 5) is 10.6. The second-order valence-electron chi connectivity index (χ2n) is 8.03. The van der Waals surface area contributed by atoms with Crippen LogP contribution in [0, 0.1) is 11.8 Å².